The fourth-order valence-electron chi connectivity index (χ4n) is 1.13. The van der Waals surface area contributed by atoms with Gasteiger partial charge in [-0.1, -0.05) is 33.2 Å². The summed E-state index contributed by atoms with van der Waals surface area (Å²) in [4.78, 5) is 15.0. The number of nitrogens with one attached hydrogen (secondary N) is 1. The van der Waals surface area contributed by atoms with Crippen molar-refractivity contribution in [3.63, 3.8) is 0 Å². The van der Waals surface area contributed by atoms with Crippen molar-refractivity contribution < 1.29 is 9.32 Å². The van der Waals surface area contributed by atoms with Gasteiger partial charge in [-0.2, -0.15) is 4.98 Å². The van der Waals surface area contributed by atoms with Gasteiger partial charge in [-0.3, -0.25) is 10.2 Å². The van der Waals surface area contributed by atoms with E-state index in [1.807, 2.05) is 23.6 Å². The van der Waals surface area contributed by atoms with E-state index in [4.69, 9.17) is 10.4 Å². The minimum atomic E-state index is -0.620. The monoisotopic (exact) mass is 282 g/mol. The highest BCUT2D eigenvalue weighted by atomic mass is 79.9. The second-order valence-electron chi connectivity index (χ2n) is 2.88. The molecule has 82 valence electrons. The number of halogens is 1. The largest absolute Gasteiger partial charge is 0.328 e. The molecule has 16 heavy (non-hydrogen) atoms. The molecule has 2 aromatic rings. The Balaban J connectivity index is 2.39. The van der Waals surface area contributed by atoms with Crippen molar-refractivity contribution in [3.05, 3.63) is 34.6 Å². The van der Waals surface area contributed by atoms with Gasteiger partial charge in [-0.15, -0.1) is 0 Å². The minimum absolute atomic E-state index is 0.173. The van der Waals surface area contributed by atoms with Crippen LogP contribution in [0.2, 0.25) is 0 Å². The Kier molecular flexibility index (Phi) is 2.97. The number of carbonyl (C=O) groups is 1. The Labute approximate surface area is 98.9 Å². The summed E-state index contributed by atoms with van der Waals surface area (Å²) in [7, 11) is 0. The average molecular weight is 283 g/mol. The lowest BCUT2D eigenvalue weighted by molar-refractivity contribution is 0.0910. The van der Waals surface area contributed by atoms with E-state index in [-0.39, 0.29) is 5.89 Å². The Morgan fingerprint density at radius 3 is 2.88 bits per heavy atom. The van der Waals surface area contributed by atoms with E-state index >= 15 is 0 Å². The summed E-state index contributed by atoms with van der Waals surface area (Å²) in [6.07, 6.45) is 0. The molecule has 2 rings (SSSR count). The standard InChI is InChI=1S/C9H7BrN4O2/c10-6-4-2-1-3-5(6)7-12-9(16-14-7)8(15)13-11/h1-4H,11H2,(H,13,15). The lowest BCUT2D eigenvalue weighted by Crippen LogP contribution is -2.30. The highest BCUT2D eigenvalue weighted by Crippen LogP contribution is 2.25. The van der Waals surface area contributed by atoms with Crippen molar-refractivity contribution in [2.75, 3.05) is 0 Å². The molecule has 0 spiro atoms. The Hall–Kier alpha value is -1.73. The van der Waals surface area contributed by atoms with E-state index in [0.717, 1.165) is 10.0 Å². The van der Waals surface area contributed by atoms with Crippen molar-refractivity contribution in [1.29, 1.82) is 0 Å². The first kappa shape index (κ1) is 10.8. The molecule has 0 saturated carbocycles. The van der Waals surface area contributed by atoms with Crippen LogP contribution >= 0.6 is 15.9 Å². The van der Waals surface area contributed by atoms with Crippen LogP contribution in [0.5, 0.6) is 0 Å². The van der Waals surface area contributed by atoms with Gasteiger partial charge in [-0.25, -0.2) is 5.84 Å². The second kappa shape index (κ2) is 4.42. The van der Waals surface area contributed by atoms with Gasteiger partial charge in [0.25, 0.3) is 0 Å². The Morgan fingerprint density at radius 2 is 2.19 bits per heavy atom. The predicted molar refractivity (Wildman–Crippen MR) is 59.1 cm³/mol. The number of aromatic nitrogens is 2. The third-order valence-electron chi connectivity index (χ3n) is 1.87. The van der Waals surface area contributed by atoms with Crippen molar-refractivity contribution in [1.82, 2.24) is 15.6 Å². The van der Waals surface area contributed by atoms with Crippen LogP contribution in [-0.2, 0) is 0 Å². The first-order chi connectivity index (χ1) is 7.72. The topological polar surface area (TPSA) is 94.0 Å². The molecule has 0 atom stereocenters. The minimum Gasteiger partial charge on any atom is -0.328 e. The van der Waals surface area contributed by atoms with Crippen LogP contribution in [-0.4, -0.2) is 16.0 Å². The van der Waals surface area contributed by atoms with E-state index in [2.05, 4.69) is 26.1 Å². The molecule has 0 aliphatic heterocycles. The summed E-state index contributed by atoms with van der Waals surface area (Å²) < 4.78 is 5.57. The number of carbonyl (C=O) groups excluding carboxylic acids is 1. The van der Waals surface area contributed by atoms with E-state index in [9.17, 15) is 4.79 Å². The smallest absolute Gasteiger partial charge is 0.323 e. The number of hydrogen-bond donors (Lipinski definition) is 2. The number of nitrogen functional groups attached to an aromatic ring is 1. The number of rotatable bonds is 2. The van der Waals surface area contributed by atoms with Crippen molar-refractivity contribution in [2.45, 2.75) is 0 Å². The number of amides is 1. The molecule has 6 nitrogen and oxygen atoms in total. The predicted octanol–water partition coefficient (Wildman–Crippen LogP) is 1.10. The van der Waals surface area contributed by atoms with Crippen LogP contribution in [0.15, 0.2) is 33.3 Å². The molecule has 1 aromatic heterocycles. The van der Waals surface area contributed by atoms with Gasteiger partial charge in [0.1, 0.15) is 0 Å². The molecule has 3 N–H and O–H groups in total. The molecule has 0 aliphatic carbocycles. The van der Waals surface area contributed by atoms with Gasteiger partial charge in [-0.05, 0) is 12.1 Å². The van der Waals surface area contributed by atoms with E-state index < -0.39 is 5.91 Å². The van der Waals surface area contributed by atoms with Crippen molar-refractivity contribution in [3.8, 4) is 11.4 Å². The summed E-state index contributed by atoms with van der Waals surface area (Å²) in [6, 6.07) is 7.34. The highest BCUT2D eigenvalue weighted by Gasteiger charge is 2.15. The quantitative estimate of drug-likeness (QED) is 0.489. The zero-order valence-corrected chi connectivity index (χ0v) is 9.56. The van der Waals surface area contributed by atoms with Crippen LogP contribution in [0.25, 0.3) is 11.4 Å². The fraction of sp³-hybridized carbons (Fsp3) is 0. The van der Waals surface area contributed by atoms with Gasteiger partial charge in [0.15, 0.2) is 0 Å². The van der Waals surface area contributed by atoms with Crippen molar-refractivity contribution >= 4 is 21.8 Å². The Bertz CT molecular complexity index is 526. The highest BCUT2D eigenvalue weighted by molar-refractivity contribution is 9.10. The zero-order valence-electron chi connectivity index (χ0n) is 7.98. The molecule has 0 bridgehead atoms. The third-order valence-corrected chi connectivity index (χ3v) is 2.56. The van der Waals surface area contributed by atoms with Gasteiger partial charge in [0.2, 0.25) is 5.82 Å². The van der Waals surface area contributed by atoms with Gasteiger partial charge in [0.05, 0.1) is 0 Å². The number of hydrogen-bond acceptors (Lipinski definition) is 5. The van der Waals surface area contributed by atoms with Gasteiger partial charge < -0.3 is 4.52 Å². The number of hydrazine groups is 1. The molecule has 1 heterocycles. The molecule has 0 aliphatic rings. The average Bonchev–Trinajstić information content (AvgIpc) is 2.78. The molecular weight excluding hydrogens is 276 g/mol. The zero-order chi connectivity index (χ0) is 11.5. The molecule has 1 aromatic carbocycles. The normalized spacial score (nSPS) is 10.1. The van der Waals surface area contributed by atoms with E-state index in [1.165, 1.54) is 0 Å². The first-order valence-electron chi connectivity index (χ1n) is 4.32. The molecular formula is C9H7BrN4O2. The molecule has 0 radical (unpaired) electrons. The van der Waals surface area contributed by atoms with E-state index in [0.29, 0.717) is 5.82 Å². The van der Waals surface area contributed by atoms with Gasteiger partial charge >= 0.3 is 11.8 Å². The number of benzene rings is 1. The summed E-state index contributed by atoms with van der Waals surface area (Å²) in [6.45, 7) is 0. The van der Waals surface area contributed by atoms with E-state index in [1.54, 1.807) is 6.07 Å². The molecule has 1 amide bonds. The van der Waals surface area contributed by atoms with Crippen LogP contribution in [0.1, 0.15) is 10.7 Å². The SMILES string of the molecule is NNC(=O)c1nc(-c2ccccc2Br)no1. The van der Waals surface area contributed by atoms with Crippen LogP contribution in [0, 0.1) is 0 Å². The van der Waals surface area contributed by atoms with Crippen molar-refractivity contribution in [2.24, 2.45) is 5.84 Å². The van der Waals surface area contributed by atoms with Crippen LogP contribution in [0.3, 0.4) is 0 Å². The molecule has 0 fully saturated rings. The molecule has 0 saturated heterocycles. The number of nitrogens with zero attached hydrogens (tertiary/aromatic N) is 2. The lowest BCUT2D eigenvalue weighted by atomic mass is 10.2. The lowest BCUT2D eigenvalue weighted by Gasteiger charge is -1.96. The second-order valence-corrected chi connectivity index (χ2v) is 3.73. The fourth-order valence-corrected chi connectivity index (χ4v) is 1.59. The summed E-state index contributed by atoms with van der Waals surface area (Å²) in [5.41, 5.74) is 2.65. The number of nitrogens with two attached hydrogens (primary N) is 1. The van der Waals surface area contributed by atoms with Gasteiger partial charge in [0, 0.05) is 10.0 Å². The van der Waals surface area contributed by atoms with Crippen LogP contribution < -0.4 is 11.3 Å². The third kappa shape index (κ3) is 1.95. The summed E-state index contributed by atoms with van der Waals surface area (Å²) in [5.74, 6) is 4.48. The maximum atomic E-state index is 11.1. The first-order valence-corrected chi connectivity index (χ1v) is 5.11. The molecule has 0 unspecified atom stereocenters. The summed E-state index contributed by atoms with van der Waals surface area (Å²) in [5, 5.41) is 3.68. The van der Waals surface area contributed by atoms with Crippen LogP contribution in [0.4, 0.5) is 0 Å². The molecule has 7 heteroatoms. The maximum absolute atomic E-state index is 11.1. The summed E-state index contributed by atoms with van der Waals surface area (Å²) >= 11 is 3.35. The Morgan fingerprint density at radius 1 is 1.44 bits per heavy atom. The maximum Gasteiger partial charge on any atom is 0.323 e.